The predicted octanol–water partition coefficient (Wildman–Crippen LogP) is 2.82. The molecule has 0 aliphatic carbocycles. The van der Waals surface area contributed by atoms with Gasteiger partial charge in [-0.2, -0.15) is 0 Å². The Bertz CT molecular complexity index is 293. The number of benzene rings is 1. The van der Waals surface area contributed by atoms with E-state index in [0.29, 0.717) is 0 Å². The van der Waals surface area contributed by atoms with E-state index in [2.05, 4.69) is 17.0 Å². The van der Waals surface area contributed by atoms with Crippen molar-refractivity contribution in [3.8, 4) is 0 Å². The molecule has 0 saturated carbocycles. The second kappa shape index (κ2) is 5.27. The average molecular weight is 193 g/mol. The first kappa shape index (κ1) is 10.6. The third-order valence-electron chi connectivity index (χ3n) is 1.92. The molecular formula is C11H15NO2. The van der Waals surface area contributed by atoms with Crippen molar-refractivity contribution in [2.45, 2.75) is 19.8 Å². The van der Waals surface area contributed by atoms with E-state index in [0.717, 1.165) is 18.5 Å². The van der Waals surface area contributed by atoms with E-state index in [1.807, 2.05) is 24.3 Å². The van der Waals surface area contributed by atoms with E-state index >= 15 is 0 Å². The summed E-state index contributed by atoms with van der Waals surface area (Å²) in [6.07, 6.45) is 1.76. The molecule has 14 heavy (non-hydrogen) atoms. The summed E-state index contributed by atoms with van der Waals surface area (Å²) in [5.74, 6) is 0. The van der Waals surface area contributed by atoms with Crippen LogP contribution in [-0.2, 0) is 11.2 Å². The van der Waals surface area contributed by atoms with Gasteiger partial charge < -0.3 is 4.74 Å². The topological polar surface area (TPSA) is 38.3 Å². The van der Waals surface area contributed by atoms with E-state index in [-0.39, 0.29) is 0 Å². The summed E-state index contributed by atoms with van der Waals surface area (Å²) in [6, 6.07) is 7.77. The maximum absolute atomic E-state index is 10.9. The molecule has 0 aliphatic rings. The number of carbonyl (C=O) groups excluding carboxylic acids is 1. The van der Waals surface area contributed by atoms with Gasteiger partial charge in [-0.1, -0.05) is 25.5 Å². The Morgan fingerprint density at radius 3 is 2.50 bits per heavy atom. The van der Waals surface area contributed by atoms with Gasteiger partial charge in [-0.25, -0.2) is 4.79 Å². The van der Waals surface area contributed by atoms with Crippen molar-refractivity contribution in [2.75, 3.05) is 12.4 Å². The normalized spacial score (nSPS) is 9.57. The van der Waals surface area contributed by atoms with Gasteiger partial charge in [0.2, 0.25) is 0 Å². The molecule has 1 N–H and O–H groups in total. The molecule has 0 heterocycles. The van der Waals surface area contributed by atoms with Crippen LogP contribution in [0.25, 0.3) is 0 Å². The molecular weight excluding hydrogens is 178 g/mol. The molecule has 1 aromatic carbocycles. The zero-order valence-electron chi connectivity index (χ0n) is 8.54. The fraction of sp³-hybridized carbons (Fsp3) is 0.364. The summed E-state index contributed by atoms with van der Waals surface area (Å²) in [5.41, 5.74) is 2.04. The third kappa shape index (κ3) is 3.09. The summed E-state index contributed by atoms with van der Waals surface area (Å²) < 4.78 is 4.48. The van der Waals surface area contributed by atoms with Crippen LogP contribution in [0.15, 0.2) is 24.3 Å². The lowest BCUT2D eigenvalue weighted by atomic mass is 10.1. The number of amides is 1. The SMILES string of the molecule is CCCc1ccc(NC(=O)OC)cc1. The number of methoxy groups -OCH3 is 1. The molecule has 0 fully saturated rings. The number of carbonyl (C=O) groups is 1. The van der Waals surface area contributed by atoms with Crippen molar-refractivity contribution in [1.82, 2.24) is 0 Å². The molecule has 0 unspecified atom stereocenters. The first-order chi connectivity index (χ1) is 6.76. The van der Waals surface area contributed by atoms with Crippen molar-refractivity contribution < 1.29 is 9.53 Å². The van der Waals surface area contributed by atoms with Gasteiger partial charge in [-0.15, -0.1) is 0 Å². The van der Waals surface area contributed by atoms with Crippen LogP contribution in [0.1, 0.15) is 18.9 Å². The lowest BCUT2D eigenvalue weighted by Gasteiger charge is -2.04. The maximum Gasteiger partial charge on any atom is 0.411 e. The molecule has 0 aliphatic heterocycles. The molecule has 1 rings (SSSR count). The molecule has 76 valence electrons. The molecule has 1 aromatic rings. The van der Waals surface area contributed by atoms with E-state index in [9.17, 15) is 4.79 Å². The quantitative estimate of drug-likeness (QED) is 0.801. The lowest BCUT2D eigenvalue weighted by Crippen LogP contribution is -2.10. The summed E-state index contributed by atoms with van der Waals surface area (Å²) in [5, 5.41) is 2.60. The Hall–Kier alpha value is -1.51. The fourth-order valence-electron chi connectivity index (χ4n) is 1.21. The standard InChI is InChI=1S/C11H15NO2/c1-3-4-9-5-7-10(8-6-9)12-11(13)14-2/h5-8H,3-4H2,1-2H3,(H,12,13). The highest BCUT2D eigenvalue weighted by Gasteiger charge is 1.99. The summed E-state index contributed by atoms with van der Waals surface area (Å²) in [4.78, 5) is 10.9. The monoisotopic (exact) mass is 193 g/mol. The number of ether oxygens (including phenoxy) is 1. The van der Waals surface area contributed by atoms with Crippen LogP contribution in [0.4, 0.5) is 10.5 Å². The largest absolute Gasteiger partial charge is 0.453 e. The van der Waals surface area contributed by atoms with Crippen LogP contribution in [0.5, 0.6) is 0 Å². The Morgan fingerprint density at radius 1 is 1.36 bits per heavy atom. The van der Waals surface area contributed by atoms with Crippen LogP contribution >= 0.6 is 0 Å². The first-order valence-corrected chi connectivity index (χ1v) is 4.70. The van der Waals surface area contributed by atoms with Crippen molar-refractivity contribution >= 4 is 11.8 Å². The minimum atomic E-state index is -0.437. The highest BCUT2D eigenvalue weighted by atomic mass is 16.5. The Labute approximate surface area is 84.1 Å². The number of hydrogen-bond donors (Lipinski definition) is 1. The van der Waals surface area contributed by atoms with Crippen LogP contribution < -0.4 is 5.32 Å². The van der Waals surface area contributed by atoms with Gasteiger partial charge in [0.05, 0.1) is 7.11 Å². The molecule has 0 spiro atoms. The number of nitrogens with one attached hydrogen (secondary N) is 1. The van der Waals surface area contributed by atoms with Crippen molar-refractivity contribution in [2.24, 2.45) is 0 Å². The summed E-state index contributed by atoms with van der Waals surface area (Å²) in [7, 11) is 1.35. The Kier molecular flexibility index (Phi) is 3.98. The lowest BCUT2D eigenvalue weighted by molar-refractivity contribution is 0.187. The van der Waals surface area contributed by atoms with Crippen molar-refractivity contribution in [1.29, 1.82) is 0 Å². The number of anilines is 1. The fourth-order valence-corrected chi connectivity index (χ4v) is 1.21. The van der Waals surface area contributed by atoms with Crippen LogP contribution in [-0.4, -0.2) is 13.2 Å². The minimum absolute atomic E-state index is 0.437. The summed E-state index contributed by atoms with van der Waals surface area (Å²) >= 11 is 0. The maximum atomic E-state index is 10.9. The minimum Gasteiger partial charge on any atom is -0.453 e. The van der Waals surface area contributed by atoms with Gasteiger partial charge in [-0.3, -0.25) is 5.32 Å². The molecule has 0 saturated heterocycles. The van der Waals surface area contributed by atoms with Crippen molar-refractivity contribution in [3.05, 3.63) is 29.8 Å². The number of aryl methyl sites for hydroxylation is 1. The third-order valence-corrected chi connectivity index (χ3v) is 1.92. The molecule has 3 heteroatoms. The van der Waals surface area contributed by atoms with Gasteiger partial charge in [0.25, 0.3) is 0 Å². The zero-order chi connectivity index (χ0) is 10.4. The highest BCUT2D eigenvalue weighted by Crippen LogP contribution is 2.10. The first-order valence-electron chi connectivity index (χ1n) is 4.70. The predicted molar refractivity (Wildman–Crippen MR) is 56.5 cm³/mol. The van der Waals surface area contributed by atoms with Crippen LogP contribution in [0.3, 0.4) is 0 Å². The van der Waals surface area contributed by atoms with Crippen molar-refractivity contribution in [3.63, 3.8) is 0 Å². The highest BCUT2D eigenvalue weighted by molar-refractivity contribution is 5.84. The molecule has 0 bridgehead atoms. The van der Waals surface area contributed by atoms with E-state index < -0.39 is 6.09 Å². The number of rotatable bonds is 3. The summed E-state index contributed by atoms with van der Waals surface area (Å²) in [6.45, 7) is 2.14. The molecule has 3 nitrogen and oxygen atoms in total. The smallest absolute Gasteiger partial charge is 0.411 e. The van der Waals surface area contributed by atoms with Gasteiger partial charge in [0.1, 0.15) is 0 Å². The van der Waals surface area contributed by atoms with Crippen LogP contribution in [0.2, 0.25) is 0 Å². The number of hydrogen-bond acceptors (Lipinski definition) is 2. The van der Waals surface area contributed by atoms with Gasteiger partial charge >= 0.3 is 6.09 Å². The van der Waals surface area contributed by atoms with E-state index in [4.69, 9.17) is 0 Å². The average Bonchev–Trinajstić information content (AvgIpc) is 2.21. The second-order valence-electron chi connectivity index (χ2n) is 3.06. The van der Waals surface area contributed by atoms with E-state index in [1.165, 1.54) is 12.7 Å². The second-order valence-corrected chi connectivity index (χ2v) is 3.06. The Morgan fingerprint density at radius 2 is 2.00 bits per heavy atom. The van der Waals surface area contributed by atoms with Gasteiger partial charge in [0, 0.05) is 5.69 Å². The molecule has 0 radical (unpaired) electrons. The molecule has 1 amide bonds. The van der Waals surface area contributed by atoms with E-state index in [1.54, 1.807) is 0 Å². The molecule has 0 aromatic heterocycles. The Balaban J connectivity index is 2.59. The molecule has 0 atom stereocenters. The van der Waals surface area contributed by atoms with Crippen LogP contribution in [0, 0.1) is 0 Å². The van der Waals surface area contributed by atoms with Gasteiger partial charge in [-0.05, 0) is 24.1 Å². The zero-order valence-corrected chi connectivity index (χ0v) is 8.54. The van der Waals surface area contributed by atoms with Gasteiger partial charge in [0.15, 0.2) is 0 Å².